The summed E-state index contributed by atoms with van der Waals surface area (Å²) in [6, 6.07) is 10.2. The minimum Gasteiger partial charge on any atom is -0.384 e. The molecule has 0 aliphatic carbocycles. The van der Waals surface area contributed by atoms with Crippen molar-refractivity contribution in [3.05, 3.63) is 46.7 Å². The van der Waals surface area contributed by atoms with Gasteiger partial charge in [0.25, 0.3) is 0 Å². The van der Waals surface area contributed by atoms with Crippen LogP contribution in [0.2, 0.25) is 0 Å². The zero-order chi connectivity index (χ0) is 11.4. The molecule has 0 aliphatic heterocycles. The Hall–Kier alpha value is -1.29. The van der Waals surface area contributed by atoms with Gasteiger partial charge < -0.3 is 5.32 Å². The van der Waals surface area contributed by atoms with E-state index in [1.807, 2.05) is 42.2 Å². The Morgan fingerprint density at radius 1 is 1.31 bits per heavy atom. The zero-order valence-electron chi connectivity index (χ0n) is 9.15. The molecule has 0 amide bonds. The topological polar surface area (TPSA) is 29.9 Å². The van der Waals surface area contributed by atoms with Gasteiger partial charge in [-0.15, -0.1) is 0 Å². The molecule has 3 nitrogen and oxygen atoms in total. The van der Waals surface area contributed by atoms with Crippen molar-refractivity contribution in [2.45, 2.75) is 6.42 Å². The molecule has 0 unspecified atom stereocenters. The van der Waals surface area contributed by atoms with Crippen LogP contribution < -0.4 is 5.32 Å². The first-order chi connectivity index (χ1) is 7.77. The van der Waals surface area contributed by atoms with Crippen molar-refractivity contribution in [1.29, 1.82) is 0 Å². The first-order valence-corrected chi connectivity index (χ1v) is 6.02. The summed E-state index contributed by atoms with van der Waals surface area (Å²) in [4.78, 5) is 0. The standard InChI is InChI=1S/C12H14BrN3/c1-16-10(7-9-15-16)6-8-14-12-5-3-2-4-11(12)13/h2-5,7,9,14H,6,8H2,1H3. The SMILES string of the molecule is Cn1nccc1CCNc1ccccc1Br. The lowest BCUT2D eigenvalue weighted by atomic mass is 10.3. The molecule has 0 spiro atoms. The van der Waals surface area contributed by atoms with Crippen LogP contribution in [0, 0.1) is 0 Å². The maximum Gasteiger partial charge on any atom is 0.0492 e. The van der Waals surface area contributed by atoms with Gasteiger partial charge in [0.1, 0.15) is 0 Å². The van der Waals surface area contributed by atoms with Crippen molar-refractivity contribution >= 4 is 21.6 Å². The first-order valence-electron chi connectivity index (χ1n) is 5.22. The van der Waals surface area contributed by atoms with Crippen molar-refractivity contribution in [2.24, 2.45) is 7.05 Å². The van der Waals surface area contributed by atoms with Gasteiger partial charge in [0.2, 0.25) is 0 Å². The highest BCUT2D eigenvalue weighted by Crippen LogP contribution is 2.20. The van der Waals surface area contributed by atoms with Gasteiger partial charge in [-0.1, -0.05) is 12.1 Å². The molecule has 0 bridgehead atoms. The summed E-state index contributed by atoms with van der Waals surface area (Å²) in [6.07, 6.45) is 2.80. The third-order valence-electron chi connectivity index (χ3n) is 2.49. The Kier molecular flexibility index (Phi) is 3.62. The molecule has 2 rings (SSSR count). The number of aromatic nitrogens is 2. The molecule has 1 N–H and O–H groups in total. The summed E-state index contributed by atoms with van der Waals surface area (Å²) in [5, 5.41) is 7.53. The van der Waals surface area contributed by atoms with Gasteiger partial charge in [-0.25, -0.2) is 0 Å². The largest absolute Gasteiger partial charge is 0.384 e. The number of benzene rings is 1. The Balaban J connectivity index is 1.89. The average Bonchev–Trinajstić information content (AvgIpc) is 2.67. The van der Waals surface area contributed by atoms with E-state index in [2.05, 4.69) is 32.4 Å². The predicted molar refractivity (Wildman–Crippen MR) is 69.5 cm³/mol. The fourth-order valence-corrected chi connectivity index (χ4v) is 2.00. The van der Waals surface area contributed by atoms with Crippen molar-refractivity contribution < 1.29 is 0 Å². The molecule has 84 valence electrons. The van der Waals surface area contributed by atoms with E-state index in [4.69, 9.17) is 0 Å². The smallest absolute Gasteiger partial charge is 0.0492 e. The Bertz CT molecular complexity index is 465. The lowest BCUT2D eigenvalue weighted by molar-refractivity contribution is 0.711. The molecule has 1 heterocycles. The Morgan fingerprint density at radius 3 is 2.81 bits per heavy atom. The zero-order valence-corrected chi connectivity index (χ0v) is 10.7. The highest BCUT2D eigenvalue weighted by Gasteiger charge is 1.99. The second-order valence-corrected chi connectivity index (χ2v) is 4.46. The number of hydrogen-bond donors (Lipinski definition) is 1. The number of anilines is 1. The van der Waals surface area contributed by atoms with Gasteiger partial charge in [0, 0.05) is 42.1 Å². The van der Waals surface area contributed by atoms with E-state index in [1.54, 1.807) is 0 Å². The van der Waals surface area contributed by atoms with Gasteiger partial charge in [-0.2, -0.15) is 5.10 Å². The van der Waals surface area contributed by atoms with E-state index in [0.717, 1.165) is 23.1 Å². The molecule has 2 aromatic rings. The van der Waals surface area contributed by atoms with Gasteiger partial charge in [-0.3, -0.25) is 4.68 Å². The van der Waals surface area contributed by atoms with Crippen LogP contribution in [0.4, 0.5) is 5.69 Å². The summed E-state index contributed by atoms with van der Waals surface area (Å²) >= 11 is 3.51. The number of nitrogens with one attached hydrogen (secondary N) is 1. The predicted octanol–water partition coefficient (Wildman–Crippen LogP) is 2.84. The van der Waals surface area contributed by atoms with Crippen LogP contribution in [0.5, 0.6) is 0 Å². The number of para-hydroxylation sites is 1. The van der Waals surface area contributed by atoms with Gasteiger partial charge in [0.15, 0.2) is 0 Å². The van der Waals surface area contributed by atoms with Gasteiger partial charge in [0.05, 0.1) is 0 Å². The normalized spacial score (nSPS) is 10.4. The van der Waals surface area contributed by atoms with Crippen molar-refractivity contribution in [2.75, 3.05) is 11.9 Å². The van der Waals surface area contributed by atoms with E-state index in [0.29, 0.717) is 0 Å². The molecular formula is C12H14BrN3. The number of aryl methyl sites for hydroxylation is 1. The molecule has 0 saturated heterocycles. The number of halogens is 1. The minimum absolute atomic E-state index is 0.905. The lowest BCUT2D eigenvalue weighted by Crippen LogP contribution is -2.08. The minimum atomic E-state index is 0.905. The summed E-state index contributed by atoms with van der Waals surface area (Å²) < 4.78 is 3.00. The fourth-order valence-electron chi connectivity index (χ4n) is 1.58. The van der Waals surface area contributed by atoms with Gasteiger partial charge >= 0.3 is 0 Å². The van der Waals surface area contributed by atoms with Crippen molar-refractivity contribution in [3.8, 4) is 0 Å². The van der Waals surface area contributed by atoms with Crippen LogP contribution in [0.1, 0.15) is 5.69 Å². The second-order valence-electron chi connectivity index (χ2n) is 3.60. The highest BCUT2D eigenvalue weighted by atomic mass is 79.9. The Labute approximate surface area is 104 Å². The van der Waals surface area contributed by atoms with Crippen molar-refractivity contribution in [3.63, 3.8) is 0 Å². The third kappa shape index (κ3) is 2.64. The van der Waals surface area contributed by atoms with Crippen LogP contribution in [0.25, 0.3) is 0 Å². The summed E-state index contributed by atoms with van der Waals surface area (Å²) in [7, 11) is 1.97. The Morgan fingerprint density at radius 2 is 2.12 bits per heavy atom. The maximum atomic E-state index is 4.14. The average molecular weight is 280 g/mol. The monoisotopic (exact) mass is 279 g/mol. The first kappa shape index (κ1) is 11.2. The van der Waals surface area contributed by atoms with Crippen LogP contribution in [-0.2, 0) is 13.5 Å². The second kappa shape index (κ2) is 5.16. The third-order valence-corrected chi connectivity index (χ3v) is 3.18. The molecular weight excluding hydrogens is 266 g/mol. The van der Waals surface area contributed by atoms with E-state index >= 15 is 0 Å². The fraction of sp³-hybridized carbons (Fsp3) is 0.250. The molecule has 4 heteroatoms. The van der Waals surface area contributed by atoms with Crippen LogP contribution in [0.15, 0.2) is 41.0 Å². The van der Waals surface area contributed by atoms with Crippen LogP contribution in [0.3, 0.4) is 0 Å². The van der Waals surface area contributed by atoms with Gasteiger partial charge in [-0.05, 0) is 34.1 Å². The number of nitrogens with zero attached hydrogens (tertiary/aromatic N) is 2. The molecule has 0 atom stereocenters. The van der Waals surface area contributed by atoms with E-state index in [1.165, 1.54) is 5.69 Å². The molecule has 0 fully saturated rings. The number of rotatable bonds is 4. The molecule has 0 saturated carbocycles. The summed E-state index contributed by atoms with van der Waals surface area (Å²) in [5.41, 5.74) is 2.37. The number of hydrogen-bond acceptors (Lipinski definition) is 2. The van der Waals surface area contributed by atoms with E-state index < -0.39 is 0 Å². The van der Waals surface area contributed by atoms with E-state index in [-0.39, 0.29) is 0 Å². The molecule has 0 radical (unpaired) electrons. The maximum absolute atomic E-state index is 4.14. The molecule has 16 heavy (non-hydrogen) atoms. The quantitative estimate of drug-likeness (QED) is 0.933. The molecule has 0 aliphatic rings. The van der Waals surface area contributed by atoms with Crippen LogP contribution >= 0.6 is 15.9 Å². The summed E-state index contributed by atoms with van der Waals surface area (Å²) in [6.45, 7) is 0.905. The van der Waals surface area contributed by atoms with E-state index in [9.17, 15) is 0 Å². The van der Waals surface area contributed by atoms with Crippen molar-refractivity contribution in [1.82, 2.24) is 9.78 Å². The molecule has 1 aromatic heterocycles. The van der Waals surface area contributed by atoms with Crippen LogP contribution in [-0.4, -0.2) is 16.3 Å². The lowest BCUT2D eigenvalue weighted by Gasteiger charge is -2.08. The summed E-state index contributed by atoms with van der Waals surface area (Å²) in [5.74, 6) is 0. The molecule has 1 aromatic carbocycles. The highest BCUT2D eigenvalue weighted by molar-refractivity contribution is 9.10.